The van der Waals surface area contributed by atoms with Gasteiger partial charge in [0.2, 0.25) is 15.9 Å². The van der Waals surface area contributed by atoms with Crippen molar-refractivity contribution in [3.8, 4) is 0 Å². The first-order chi connectivity index (χ1) is 12.1. The molecule has 0 aliphatic carbocycles. The van der Waals surface area contributed by atoms with Gasteiger partial charge in [-0.05, 0) is 25.8 Å². The lowest BCUT2D eigenvalue weighted by Crippen LogP contribution is -2.34. The van der Waals surface area contributed by atoms with E-state index in [9.17, 15) is 13.2 Å². The lowest BCUT2D eigenvalue weighted by atomic mass is 10.2. The molecule has 0 spiro atoms. The molecule has 0 fully saturated rings. The fourth-order valence-corrected chi connectivity index (χ4v) is 2.48. The standard InChI is InChI=1S/C15H18Cl2N4O4S/c1-10(15(22)20-6-7-26(18,23)24)21-8-14(19-2)25-9-11-12(16)4-3-5-13(11)17/h3-5,8H,2,6-7,9H2,1H3,(H,20,22)(H2,18,23,24)/b14-8+,21-10?. The number of nitrogens with one attached hydrogen (secondary N) is 1. The van der Waals surface area contributed by atoms with Crippen LogP contribution in [0, 0.1) is 0 Å². The van der Waals surface area contributed by atoms with Gasteiger partial charge < -0.3 is 10.1 Å². The normalized spacial score (nSPS) is 12.6. The summed E-state index contributed by atoms with van der Waals surface area (Å²) in [5.41, 5.74) is 0.645. The van der Waals surface area contributed by atoms with Crippen molar-refractivity contribution in [1.29, 1.82) is 0 Å². The molecule has 0 unspecified atom stereocenters. The summed E-state index contributed by atoms with van der Waals surface area (Å²) in [5.74, 6) is -0.872. The van der Waals surface area contributed by atoms with E-state index in [2.05, 4.69) is 22.0 Å². The van der Waals surface area contributed by atoms with Crippen molar-refractivity contribution in [3.05, 3.63) is 45.9 Å². The fraction of sp³-hybridized carbons (Fsp3) is 0.267. The molecule has 0 radical (unpaired) electrons. The van der Waals surface area contributed by atoms with Gasteiger partial charge in [-0.3, -0.25) is 9.79 Å². The van der Waals surface area contributed by atoms with E-state index in [4.69, 9.17) is 33.1 Å². The zero-order valence-electron chi connectivity index (χ0n) is 13.9. The average Bonchev–Trinajstić information content (AvgIpc) is 2.55. The van der Waals surface area contributed by atoms with Crippen LogP contribution in [0.5, 0.6) is 0 Å². The van der Waals surface area contributed by atoms with E-state index >= 15 is 0 Å². The molecule has 0 heterocycles. The zero-order valence-corrected chi connectivity index (χ0v) is 16.2. The van der Waals surface area contributed by atoms with Gasteiger partial charge >= 0.3 is 0 Å². The molecular weight excluding hydrogens is 403 g/mol. The van der Waals surface area contributed by atoms with Crippen LogP contribution in [-0.4, -0.2) is 39.1 Å². The zero-order chi connectivity index (χ0) is 19.7. The number of halogens is 2. The molecule has 26 heavy (non-hydrogen) atoms. The van der Waals surface area contributed by atoms with Crippen molar-refractivity contribution in [2.75, 3.05) is 12.3 Å². The molecule has 142 valence electrons. The number of sulfonamides is 1. The Morgan fingerprint density at radius 1 is 1.38 bits per heavy atom. The van der Waals surface area contributed by atoms with Crippen LogP contribution in [0.2, 0.25) is 10.0 Å². The number of amides is 1. The van der Waals surface area contributed by atoms with E-state index in [1.807, 2.05) is 0 Å². The van der Waals surface area contributed by atoms with Crippen LogP contribution in [-0.2, 0) is 26.2 Å². The van der Waals surface area contributed by atoms with E-state index in [0.717, 1.165) is 0 Å². The van der Waals surface area contributed by atoms with Crippen molar-refractivity contribution in [3.63, 3.8) is 0 Å². The van der Waals surface area contributed by atoms with Crippen molar-refractivity contribution < 1.29 is 17.9 Å². The van der Waals surface area contributed by atoms with Gasteiger partial charge in [-0.1, -0.05) is 29.3 Å². The average molecular weight is 421 g/mol. The largest absolute Gasteiger partial charge is 0.472 e. The number of ether oxygens (including phenoxy) is 1. The van der Waals surface area contributed by atoms with Gasteiger partial charge in [0, 0.05) is 22.2 Å². The SMILES string of the molecule is C=N/C(=C\N=C(C)C(=O)NCCS(N)(=O)=O)OCc1c(Cl)cccc1Cl. The van der Waals surface area contributed by atoms with Crippen LogP contribution < -0.4 is 10.5 Å². The molecule has 1 rings (SSSR count). The summed E-state index contributed by atoms with van der Waals surface area (Å²) in [4.78, 5) is 19.3. The maximum Gasteiger partial charge on any atom is 0.265 e. The molecule has 1 amide bonds. The van der Waals surface area contributed by atoms with Crippen molar-refractivity contribution in [2.24, 2.45) is 15.1 Å². The van der Waals surface area contributed by atoms with E-state index in [1.54, 1.807) is 18.2 Å². The number of nitrogens with two attached hydrogens (primary N) is 1. The summed E-state index contributed by atoms with van der Waals surface area (Å²) in [6.45, 7) is 4.71. The topological polar surface area (TPSA) is 123 Å². The van der Waals surface area contributed by atoms with Gasteiger partial charge in [0.15, 0.2) is 0 Å². The molecule has 0 saturated heterocycles. The lowest BCUT2D eigenvalue weighted by molar-refractivity contribution is -0.114. The van der Waals surface area contributed by atoms with E-state index in [-0.39, 0.29) is 30.5 Å². The van der Waals surface area contributed by atoms with E-state index in [0.29, 0.717) is 15.6 Å². The van der Waals surface area contributed by atoms with Gasteiger partial charge in [0.25, 0.3) is 5.91 Å². The Kier molecular flexibility index (Phi) is 8.73. The predicted molar refractivity (Wildman–Crippen MR) is 103 cm³/mol. The number of benzene rings is 1. The molecule has 0 saturated carbocycles. The van der Waals surface area contributed by atoms with Crippen molar-refractivity contribution in [2.45, 2.75) is 13.5 Å². The Hall–Kier alpha value is -1.94. The van der Waals surface area contributed by atoms with Crippen LogP contribution >= 0.6 is 23.2 Å². The Labute approximate surface area is 161 Å². The maximum absolute atomic E-state index is 11.8. The first-order valence-electron chi connectivity index (χ1n) is 7.19. The fourth-order valence-electron chi connectivity index (χ4n) is 1.59. The lowest BCUT2D eigenvalue weighted by Gasteiger charge is -2.09. The quantitative estimate of drug-likeness (QED) is 0.467. The molecule has 0 bridgehead atoms. The van der Waals surface area contributed by atoms with Gasteiger partial charge in [0.1, 0.15) is 12.3 Å². The Morgan fingerprint density at radius 3 is 2.54 bits per heavy atom. The predicted octanol–water partition coefficient (Wildman–Crippen LogP) is 1.88. The van der Waals surface area contributed by atoms with Crippen LogP contribution in [0.3, 0.4) is 0 Å². The van der Waals surface area contributed by atoms with Gasteiger partial charge in [-0.2, -0.15) is 0 Å². The van der Waals surface area contributed by atoms with Crippen LogP contribution in [0.25, 0.3) is 0 Å². The summed E-state index contributed by atoms with van der Waals surface area (Å²) in [5, 5.41) is 8.10. The highest BCUT2D eigenvalue weighted by Crippen LogP contribution is 2.25. The smallest absolute Gasteiger partial charge is 0.265 e. The van der Waals surface area contributed by atoms with Gasteiger partial charge in [0.05, 0.1) is 12.0 Å². The monoisotopic (exact) mass is 420 g/mol. The highest BCUT2D eigenvalue weighted by molar-refractivity contribution is 7.89. The molecule has 1 aromatic carbocycles. The second-order valence-corrected chi connectivity index (χ2v) is 7.50. The Balaban J connectivity index is 2.68. The summed E-state index contributed by atoms with van der Waals surface area (Å²) in [6.07, 6.45) is 1.20. The minimum absolute atomic E-state index is 0.0402. The summed E-state index contributed by atoms with van der Waals surface area (Å²) < 4.78 is 27.0. The van der Waals surface area contributed by atoms with Crippen LogP contribution in [0.1, 0.15) is 12.5 Å². The highest BCUT2D eigenvalue weighted by Gasteiger charge is 2.09. The minimum Gasteiger partial charge on any atom is -0.472 e. The van der Waals surface area contributed by atoms with Crippen molar-refractivity contribution in [1.82, 2.24) is 5.32 Å². The Bertz CT molecular complexity index is 818. The second kappa shape index (κ2) is 10.3. The van der Waals surface area contributed by atoms with Crippen LogP contribution in [0.15, 0.2) is 40.3 Å². The number of hydrogen-bond donors (Lipinski definition) is 2. The number of hydrogen-bond acceptors (Lipinski definition) is 6. The summed E-state index contributed by atoms with van der Waals surface area (Å²) in [7, 11) is -3.65. The number of rotatable bonds is 9. The molecule has 0 atom stereocenters. The number of carbonyl (C=O) groups excluding carboxylic acids is 1. The molecule has 3 N–H and O–H groups in total. The Morgan fingerprint density at radius 2 is 2.00 bits per heavy atom. The minimum atomic E-state index is -3.65. The number of aliphatic imine (C=N–C) groups is 2. The molecule has 8 nitrogen and oxygen atoms in total. The third-order valence-electron chi connectivity index (χ3n) is 2.95. The number of carbonyl (C=O) groups is 1. The van der Waals surface area contributed by atoms with E-state index < -0.39 is 15.9 Å². The third kappa shape index (κ3) is 7.96. The molecule has 0 aliphatic heterocycles. The van der Waals surface area contributed by atoms with Crippen molar-refractivity contribution >= 4 is 51.6 Å². The van der Waals surface area contributed by atoms with E-state index in [1.165, 1.54) is 13.1 Å². The first kappa shape index (κ1) is 22.1. The summed E-state index contributed by atoms with van der Waals surface area (Å²) >= 11 is 12.1. The third-order valence-corrected chi connectivity index (χ3v) is 4.43. The van der Waals surface area contributed by atoms with Gasteiger partial charge in [-0.25, -0.2) is 18.5 Å². The molecule has 11 heteroatoms. The first-order valence-corrected chi connectivity index (χ1v) is 9.67. The maximum atomic E-state index is 11.8. The second-order valence-electron chi connectivity index (χ2n) is 4.95. The molecule has 0 aliphatic rings. The van der Waals surface area contributed by atoms with Gasteiger partial charge in [-0.15, -0.1) is 0 Å². The van der Waals surface area contributed by atoms with Crippen LogP contribution in [0.4, 0.5) is 0 Å². The summed E-state index contributed by atoms with van der Waals surface area (Å²) in [6, 6.07) is 5.05. The molecule has 0 aromatic heterocycles. The highest BCUT2D eigenvalue weighted by atomic mass is 35.5. The molecule has 1 aromatic rings. The number of nitrogens with zero attached hydrogens (tertiary/aromatic N) is 2. The number of primary sulfonamides is 1. The molecular formula is C15H18Cl2N4O4S.